The lowest BCUT2D eigenvalue weighted by molar-refractivity contribution is -0.274. The van der Waals surface area contributed by atoms with Crippen molar-refractivity contribution < 1.29 is 17.9 Å². The van der Waals surface area contributed by atoms with Crippen molar-refractivity contribution in [2.45, 2.75) is 30.5 Å². The van der Waals surface area contributed by atoms with E-state index < -0.39 is 6.36 Å². The lowest BCUT2D eigenvalue weighted by Crippen LogP contribution is -2.17. The van der Waals surface area contributed by atoms with Gasteiger partial charge in [-0.2, -0.15) is 5.10 Å². The van der Waals surface area contributed by atoms with Crippen molar-refractivity contribution in [3.63, 3.8) is 0 Å². The average Bonchev–Trinajstić information content (AvgIpc) is 2.88. The number of halogens is 3. The van der Waals surface area contributed by atoms with Gasteiger partial charge in [0.05, 0.1) is 11.4 Å². The fraction of sp³-hybridized carbons (Fsp3) is 0.286. The van der Waals surface area contributed by atoms with Crippen LogP contribution in [0.5, 0.6) is 5.75 Å². The molecule has 4 nitrogen and oxygen atoms in total. The van der Waals surface area contributed by atoms with E-state index in [0.717, 1.165) is 53.3 Å². The maximum Gasteiger partial charge on any atom is 0.573 e. The summed E-state index contributed by atoms with van der Waals surface area (Å²) in [6.45, 7) is 0.831. The van der Waals surface area contributed by atoms with Gasteiger partial charge in [0.25, 0.3) is 0 Å². The maximum absolute atomic E-state index is 12.4. The first-order valence-corrected chi connectivity index (χ1v) is 10.5. The molecule has 0 saturated carbocycles. The van der Waals surface area contributed by atoms with Gasteiger partial charge in [0.2, 0.25) is 0 Å². The van der Waals surface area contributed by atoms with E-state index in [1.165, 1.54) is 12.1 Å². The van der Waals surface area contributed by atoms with E-state index in [1.807, 2.05) is 18.4 Å². The van der Waals surface area contributed by atoms with E-state index in [0.29, 0.717) is 5.69 Å². The van der Waals surface area contributed by atoms with Crippen LogP contribution in [0.3, 0.4) is 0 Å². The molecule has 2 aromatic carbocycles. The molecule has 152 valence electrons. The third-order valence-corrected chi connectivity index (χ3v) is 5.60. The highest BCUT2D eigenvalue weighted by Crippen LogP contribution is 2.38. The molecule has 1 aliphatic rings. The SMILES string of the molecule is CSc1ccccc1-c1nn(-c2ccc(OC(F)(F)F)cc2)c2c1CCCCN2. The predicted octanol–water partition coefficient (Wildman–Crippen LogP) is 5.91. The van der Waals surface area contributed by atoms with Gasteiger partial charge in [-0.1, -0.05) is 18.2 Å². The number of fused-ring (bicyclic) bond motifs is 1. The minimum atomic E-state index is -4.71. The molecule has 0 saturated heterocycles. The summed E-state index contributed by atoms with van der Waals surface area (Å²) in [5.74, 6) is 0.651. The van der Waals surface area contributed by atoms with Crippen LogP contribution in [-0.4, -0.2) is 28.9 Å². The van der Waals surface area contributed by atoms with Crippen molar-refractivity contribution in [3.05, 3.63) is 54.1 Å². The van der Waals surface area contributed by atoms with E-state index in [9.17, 15) is 13.2 Å². The zero-order valence-electron chi connectivity index (χ0n) is 15.8. The molecular weight excluding hydrogens is 399 g/mol. The second-order valence-electron chi connectivity index (χ2n) is 6.71. The van der Waals surface area contributed by atoms with Crippen LogP contribution < -0.4 is 10.1 Å². The van der Waals surface area contributed by atoms with Gasteiger partial charge >= 0.3 is 6.36 Å². The van der Waals surface area contributed by atoms with Crippen LogP contribution in [0, 0.1) is 0 Å². The molecule has 0 spiro atoms. The topological polar surface area (TPSA) is 39.1 Å². The van der Waals surface area contributed by atoms with Crippen LogP contribution >= 0.6 is 11.8 Å². The number of alkyl halides is 3. The smallest absolute Gasteiger partial charge is 0.406 e. The quantitative estimate of drug-likeness (QED) is 0.534. The van der Waals surface area contributed by atoms with Gasteiger partial charge in [0.15, 0.2) is 0 Å². The lowest BCUT2D eigenvalue weighted by atomic mass is 10.0. The van der Waals surface area contributed by atoms with Crippen molar-refractivity contribution in [1.82, 2.24) is 9.78 Å². The standard InChI is InChI=1S/C21H20F3N3OS/c1-29-18-8-3-2-6-16(18)19-17-7-4-5-13-25-20(17)27(26-19)14-9-11-15(12-10-14)28-21(22,23)24/h2-3,6,8-12,25H,4-5,7,13H2,1H3. The summed E-state index contributed by atoms with van der Waals surface area (Å²) in [6, 6.07) is 13.9. The highest BCUT2D eigenvalue weighted by atomic mass is 32.2. The number of hydrogen-bond acceptors (Lipinski definition) is 4. The molecular formula is C21H20F3N3OS. The van der Waals surface area contributed by atoms with Gasteiger partial charge in [-0.25, -0.2) is 4.68 Å². The van der Waals surface area contributed by atoms with Gasteiger partial charge in [-0.15, -0.1) is 24.9 Å². The second kappa shape index (κ2) is 8.02. The molecule has 1 N–H and O–H groups in total. The van der Waals surface area contributed by atoms with Crippen molar-refractivity contribution in [2.24, 2.45) is 0 Å². The first kappa shape index (κ1) is 19.7. The third-order valence-electron chi connectivity index (χ3n) is 4.81. The predicted molar refractivity (Wildman–Crippen MR) is 109 cm³/mol. The number of benzene rings is 2. The number of aromatic nitrogens is 2. The Hall–Kier alpha value is -2.61. The summed E-state index contributed by atoms with van der Waals surface area (Å²) in [7, 11) is 0. The van der Waals surface area contributed by atoms with Crippen LogP contribution in [0.4, 0.5) is 19.0 Å². The molecule has 2 heterocycles. The Morgan fingerprint density at radius 2 is 1.83 bits per heavy atom. The average molecular weight is 419 g/mol. The summed E-state index contributed by atoms with van der Waals surface area (Å²) in [6.07, 6.45) is 0.331. The van der Waals surface area contributed by atoms with Crippen molar-refractivity contribution in [2.75, 3.05) is 18.1 Å². The molecule has 0 bridgehead atoms. The lowest BCUT2D eigenvalue weighted by Gasteiger charge is -2.11. The van der Waals surface area contributed by atoms with E-state index in [-0.39, 0.29) is 5.75 Å². The molecule has 0 amide bonds. The molecule has 0 atom stereocenters. The Morgan fingerprint density at radius 3 is 2.55 bits per heavy atom. The summed E-state index contributed by atoms with van der Waals surface area (Å²) >= 11 is 1.67. The molecule has 29 heavy (non-hydrogen) atoms. The maximum atomic E-state index is 12.4. The Balaban J connectivity index is 1.79. The zero-order valence-corrected chi connectivity index (χ0v) is 16.6. The number of nitrogens with one attached hydrogen (secondary N) is 1. The van der Waals surface area contributed by atoms with Crippen LogP contribution in [0.1, 0.15) is 18.4 Å². The molecule has 1 aliphatic heterocycles. The largest absolute Gasteiger partial charge is 0.573 e. The summed E-state index contributed by atoms with van der Waals surface area (Å²) in [4.78, 5) is 1.14. The number of ether oxygens (including phenoxy) is 1. The van der Waals surface area contributed by atoms with Gasteiger partial charge in [0, 0.05) is 22.6 Å². The summed E-state index contributed by atoms with van der Waals surface area (Å²) < 4.78 is 43.1. The van der Waals surface area contributed by atoms with Gasteiger partial charge in [-0.05, 0) is 55.9 Å². The number of anilines is 1. The van der Waals surface area contributed by atoms with E-state index in [4.69, 9.17) is 5.10 Å². The van der Waals surface area contributed by atoms with Gasteiger partial charge in [-0.3, -0.25) is 0 Å². The van der Waals surface area contributed by atoms with Crippen LogP contribution in [-0.2, 0) is 6.42 Å². The third kappa shape index (κ3) is 4.22. The highest BCUT2D eigenvalue weighted by molar-refractivity contribution is 7.98. The number of thioether (sulfide) groups is 1. The molecule has 3 aromatic rings. The van der Waals surface area contributed by atoms with Crippen molar-refractivity contribution >= 4 is 17.6 Å². The minimum absolute atomic E-state index is 0.250. The molecule has 0 radical (unpaired) electrons. The number of rotatable bonds is 4. The Morgan fingerprint density at radius 1 is 1.07 bits per heavy atom. The molecule has 0 aliphatic carbocycles. The zero-order chi connectivity index (χ0) is 20.4. The van der Waals surface area contributed by atoms with Gasteiger partial charge in [0.1, 0.15) is 11.6 Å². The Bertz CT molecular complexity index is 999. The second-order valence-corrected chi connectivity index (χ2v) is 7.56. The summed E-state index contributed by atoms with van der Waals surface area (Å²) in [5, 5.41) is 8.32. The first-order chi connectivity index (χ1) is 14.0. The summed E-state index contributed by atoms with van der Waals surface area (Å²) in [5.41, 5.74) is 3.79. The van der Waals surface area contributed by atoms with Crippen LogP contribution in [0.25, 0.3) is 16.9 Å². The fourth-order valence-electron chi connectivity index (χ4n) is 3.53. The van der Waals surface area contributed by atoms with E-state index >= 15 is 0 Å². The van der Waals surface area contributed by atoms with Crippen LogP contribution in [0.15, 0.2) is 53.4 Å². The molecule has 1 aromatic heterocycles. The molecule has 4 rings (SSSR count). The van der Waals surface area contributed by atoms with E-state index in [1.54, 1.807) is 28.6 Å². The normalized spacial score (nSPS) is 14.1. The van der Waals surface area contributed by atoms with Gasteiger partial charge < -0.3 is 10.1 Å². The Labute approximate surface area is 171 Å². The Kier molecular flexibility index (Phi) is 5.45. The van der Waals surface area contributed by atoms with Crippen molar-refractivity contribution in [3.8, 4) is 22.7 Å². The highest BCUT2D eigenvalue weighted by Gasteiger charge is 2.31. The number of nitrogens with zero attached hydrogens (tertiary/aromatic N) is 2. The minimum Gasteiger partial charge on any atom is -0.406 e. The van der Waals surface area contributed by atoms with Crippen molar-refractivity contribution in [1.29, 1.82) is 0 Å². The monoisotopic (exact) mass is 419 g/mol. The fourth-order valence-corrected chi connectivity index (χ4v) is 4.13. The molecule has 0 unspecified atom stereocenters. The number of hydrogen-bond donors (Lipinski definition) is 1. The molecule has 8 heteroatoms. The van der Waals surface area contributed by atoms with E-state index in [2.05, 4.69) is 22.2 Å². The first-order valence-electron chi connectivity index (χ1n) is 9.31. The van der Waals surface area contributed by atoms with Crippen LogP contribution in [0.2, 0.25) is 0 Å². The molecule has 0 fully saturated rings.